The summed E-state index contributed by atoms with van der Waals surface area (Å²) in [6.45, 7) is 56.5. The Hall–Kier alpha value is -12.1. The van der Waals surface area contributed by atoms with Gasteiger partial charge in [-0.25, -0.2) is 0 Å². The standard InChI is InChI=1S/C25H28O.C23H24ClNO3.C23H38O2.C22H20O5.C21H26O.C17H21N/c1-16-8-10-19(11-9-16)20-12-14-21(15-13-20)24-17(2)22-6-4-5-7-23(22)18(3)25(24)26;1-13-10-14(2)22-18(26)11-20(15-6-4-5-7-17(15)24)28-23(22)21(13)16-8-9-25(3)12-19(16)27;1-7-8-9-10-11-12-13-14-21(23(24)25)15-22-19(5)17(3)16(2)18(4)20(22)6;1-11-17-7-6-8-19(26-14(4)24)21(17)12(2)22-18(11)9-16(13(3)23)10-20(22)27-15(5)25;1-12-11-22-20-16-8-9-17-15(7-6-10-21(17,4)5)19(16)14(3)13(2)18(12)20;1-11-12(2)14(4)17(15(5)13(11)3)9-16-7-6-8-18-10-16/h4-11,20-21,26H,12-15H2,1-3H3;4-7,10-11,16,19,27H,8-9,12H2,1-3H3;21H,7-15H2,1-6H3,(H,24,25);6-10H,1-5H3;8-9,12H,6-7,10-11H2,1-5H3;6-8,10H,9H2,1-5H3/t;16?,19-;;;12-;/m.1..0./s1. The first-order valence-electron chi connectivity index (χ1n) is 53.2. The summed E-state index contributed by atoms with van der Waals surface area (Å²) < 4.78 is 23.2. The number of esters is 2. The van der Waals surface area contributed by atoms with E-state index in [0.29, 0.717) is 86.3 Å². The minimum Gasteiger partial charge on any atom is -0.507 e. The predicted octanol–water partition coefficient (Wildman–Crippen LogP) is 32.5. The molecule has 2 aliphatic carbocycles. The number of halogens is 1. The molecule has 2 aliphatic heterocycles. The largest absolute Gasteiger partial charge is 0.507 e. The number of aliphatic hydroxyl groups is 1. The van der Waals surface area contributed by atoms with Crippen LogP contribution in [0.1, 0.15) is 335 Å². The minimum atomic E-state index is -0.638. The number of carbonyl (C=O) groups excluding carboxylic acids is 3. The van der Waals surface area contributed by atoms with E-state index in [-0.39, 0.29) is 23.0 Å². The van der Waals surface area contributed by atoms with Crippen LogP contribution < -0.4 is 19.6 Å². The lowest BCUT2D eigenvalue weighted by atomic mass is 9.71. The second-order valence-electron chi connectivity index (χ2n) is 43.2. The number of hydrogen-bond donors (Lipinski definition) is 3. The van der Waals surface area contributed by atoms with Gasteiger partial charge in [0.25, 0.3) is 0 Å². The number of aliphatic hydroxyl groups excluding tert-OH is 1. The molecule has 14 nitrogen and oxygen atoms in total. The lowest BCUT2D eigenvalue weighted by molar-refractivity contribution is -0.142. The summed E-state index contributed by atoms with van der Waals surface area (Å²) in [7, 11) is 2.01. The van der Waals surface area contributed by atoms with Gasteiger partial charge < -0.3 is 38.8 Å². The van der Waals surface area contributed by atoms with E-state index in [0.717, 1.165) is 119 Å². The topological polar surface area (TPSA) is 203 Å². The number of carboxylic acid groups (broad SMARTS) is 1. The number of Topliss-reactive ketones (excluding diaryl/α,β-unsaturated/α-hetero) is 1. The van der Waals surface area contributed by atoms with Gasteiger partial charge in [-0.1, -0.05) is 187 Å². The molecule has 0 radical (unpaired) electrons. The Bertz CT molecular complexity index is 7230. The van der Waals surface area contributed by atoms with E-state index in [1.165, 1.54) is 224 Å². The number of aromatic hydroxyl groups is 1. The summed E-state index contributed by atoms with van der Waals surface area (Å²) in [5.74, 6) is 2.62. The van der Waals surface area contributed by atoms with Crippen LogP contribution in [0.2, 0.25) is 5.02 Å². The maximum Gasteiger partial charge on any atom is 0.308 e. The Kier molecular flexibility index (Phi) is 36.7. The van der Waals surface area contributed by atoms with Gasteiger partial charge in [0.2, 0.25) is 0 Å². The van der Waals surface area contributed by atoms with E-state index in [4.69, 9.17) is 30.2 Å². The number of likely N-dealkylation sites (N-methyl/N-ethyl adjacent to an activating group) is 1. The van der Waals surface area contributed by atoms with E-state index in [1.54, 1.807) is 29.3 Å². The highest BCUT2D eigenvalue weighted by Crippen LogP contribution is 2.52. The summed E-state index contributed by atoms with van der Waals surface area (Å²) in [6.07, 6.45) is 23.7. The molecule has 0 bridgehead atoms. The predicted molar refractivity (Wildman–Crippen MR) is 605 cm³/mol. The van der Waals surface area contributed by atoms with Gasteiger partial charge in [0.15, 0.2) is 11.2 Å². The Labute approximate surface area is 872 Å². The van der Waals surface area contributed by atoms with Gasteiger partial charge in [-0.05, 0) is 437 Å². The fourth-order valence-electron chi connectivity index (χ4n) is 23.8. The van der Waals surface area contributed by atoms with Crippen molar-refractivity contribution in [2.24, 2.45) is 5.92 Å². The zero-order valence-electron chi connectivity index (χ0n) is 92.0. The Morgan fingerprint density at radius 3 is 1.73 bits per heavy atom. The van der Waals surface area contributed by atoms with E-state index in [9.17, 15) is 39.3 Å². The number of phenolic OH excluding ortho intramolecular Hbond substituents is 1. The molecule has 14 aromatic rings. The molecule has 1 saturated heterocycles. The van der Waals surface area contributed by atoms with Crippen molar-refractivity contribution in [2.75, 3.05) is 26.7 Å². The molecule has 2 fully saturated rings. The highest BCUT2D eigenvalue weighted by molar-refractivity contribution is 6.33. The number of fused-ring (bicyclic) bond motifs is 9. The Balaban J connectivity index is 0.000000147. The molecular formula is C131H157ClN2O12. The Morgan fingerprint density at radius 2 is 1.12 bits per heavy atom. The Morgan fingerprint density at radius 1 is 0.541 bits per heavy atom. The van der Waals surface area contributed by atoms with Crippen molar-refractivity contribution in [1.82, 2.24) is 9.88 Å². The second-order valence-corrected chi connectivity index (χ2v) is 43.7. The molecule has 3 N–H and O–H groups in total. The molecule has 15 heteroatoms. The molecule has 18 rings (SSSR count). The third-order valence-electron chi connectivity index (χ3n) is 33.2. The van der Waals surface area contributed by atoms with Crippen LogP contribution in [0.4, 0.5) is 0 Å². The number of likely N-dealkylation sites (tertiary alicyclic amines) is 1. The molecule has 4 atom stereocenters. The normalized spacial score (nSPS) is 16.4. The molecule has 2 aromatic heterocycles. The average molecular weight is 1990 g/mol. The highest BCUT2D eigenvalue weighted by Gasteiger charge is 2.36. The number of pyridine rings is 1. The number of carbonyl (C=O) groups is 4. The van der Waals surface area contributed by atoms with Crippen molar-refractivity contribution in [3.05, 3.63) is 329 Å². The molecule has 146 heavy (non-hydrogen) atoms. The molecule has 4 aliphatic rings. The van der Waals surface area contributed by atoms with Crippen LogP contribution in [-0.2, 0) is 39.1 Å². The van der Waals surface area contributed by atoms with Gasteiger partial charge in [-0.2, -0.15) is 0 Å². The van der Waals surface area contributed by atoms with Crippen molar-refractivity contribution in [2.45, 2.75) is 331 Å². The number of hydrogen-bond acceptors (Lipinski definition) is 13. The number of β-amino-alcohol motifs (C(OH)–C–C–N with tert-alkyl or cyclic N) is 1. The van der Waals surface area contributed by atoms with Crippen LogP contribution in [0.15, 0.2) is 161 Å². The van der Waals surface area contributed by atoms with Gasteiger partial charge in [-0.3, -0.25) is 29.0 Å². The number of benzene rings is 12. The lowest BCUT2D eigenvalue weighted by Crippen LogP contribution is -2.40. The van der Waals surface area contributed by atoms with Crippen molar-refractivity contribution in [3.63, 3.8) is 0 Å². The maximum absolute atomic E-state index is 13.0. The zero-order valence-corrected chi connectivity index (χ0v) is 92.8. The number of phenols is 1. The first-order chi connectivity index (χ1) is 69.4. The SMILES string of the molecule is CC(=O)Oc1cccc2c(C)c3cc(C(C)=O)cc(OC(C)=O)c3c(C)c12.CCCCCCCCCC(Cc1c(C)c(C)c(C)c(C)c1C)C(=O)O.Cc1c(C)c(C)c(Cc2cccnc2)c(C)c1C.Cc1c2c(c3ccc4c(c3c1C)CCCC4(C)C)OC[C@@H]2C.Cc1cc(C)c2c(=O)cc(-c3ccccc3Cl)oc2c1C1CCN(C)C[C@H]1O.Cc1ccc(C2CCC(c3c(O)c(C)c4ccccc4c3C)CC2)cc1. The number of carboxylic acids is 1. The van der Waals surface area contributed by atoms with Crippen molar-refractivity contribution >= 4 is 89.4 Å². The first-order valence-corrected chi connectivity index (χ1v) is 53.5. The molecule has 12 aromatic carbocycles. The number of piperidine rings is 1. The minimum absolute atomic E-state index is 0.0658. The third kappa shape index (κ3) is 24.3. The van der Waals surface area contributed by atoms with Gasteiger partial charge in [0.05, 0.1) is 29.0 Å². The molecular weight excluding hydrogens is 1830 g/mol. The van der Waals surface area contributed by atoms with Crippen LogP contribution in [0.25, 0.3) is 65.4 Å². The summed E-state index contributed by atoms with van der Waals surface area (Å²) in [5, 5.41) is 41.0. The van der Waals surface area contributed by atoms with Crippen LogP contribution in [0, 0.1) is 137 Å². The van der Waals surface area contributed by atoms with Crippen molar-refractivity contribution < 1.29 is 53.1 Å². The number of aliphatic carboxylic acids is 1. The molecule has 0 spiro atoms. The number of aromatic nitrogens is 1. The van der Waals surface area contributed by atoms with Gasteiger partial charge in [-0.15, -0.1) is 0 Å². The quantitative estimate of drug-likeness (QED) is 0.0214. The van der Waals surface area contributed by atoms with E-state index >= 15 is 0 Å². The van der Waals surface area contributed by atoms with Crippen molar-refractivity contribution in [1.29, 1.82) is 0 Å². The smallest absolute Gasteiger partial charge is 0.308 e. The van der Waals surface area contributed by atoms with Crippen LogP contribution >= 0.6 is 11.6 Å². The summed E-state index contributed by atoms with van der Waals surface area (Å²) >= 11 is 6.34. The van der Waals surface area contributed by atoms with Crippen molar-refractivity contribution in [3.8, 4) is 34.3 Å². The zero-order chi connectivity index (χ0) is 106. The number of ketones is 1. The van der Waals surface area contributed by atoms with Gasteiger partial charge in [0, 0.05) is 94.7 Å². The second kappa shape index (κ2) is 48.3. The fraction of sp³-hybridized carbons (Fsp3) is 0.420. The number of unbranched alkanes of at least 4 members (excludes halogenated alkanes) is 6. The first kappa shape index (κ1) is 111. The van der Waals surface area contributed by atoms with E-state index < -0.39 is 24.0 Å². The van der Waals surface area contributed by atoms with Crippen LogP contribution in [-0.4, -0.2) is 81.7 Å². The summed E-state index contributed by atoms with van der Waals surface area (Å²) in [5.41, 5.74) is 38.0. The van der Waals surface area contributed by atoms with Gasteiger partial charge >= 0.3 is 17.9 Å². The summed E-state index contributed by atoms with van der Waals surface area (Å²) in [6, 6.07) is 46.1. The maximum atomic E-state index is 13.0. The van der Waals surface area contributed by atoms with E-state index in [1.807, 2.05) is 95.7 Å². The fourth-order valence-corrected chi connectivity index (χ4v) is 24.0. The number of ether oxygens (including phenoxy) is 3. The van der Waals surface area contributed by atoms with Crippen LogP contribution in [0.5, 0.6) is 23.0 Å². The molecule has 4 heterocycles. The third-order valence-corrected chi connectivity index (χ3v) is 33.5. The molecule has 1 saturated carbocycles. The number of rotatable bonds is 20. The van der Waals surface area contributed by atoms with Crippen LogP contribution in [0.3, 0.4) is 0 Å². The lowest BCUT2D eigenvalue weighted by Gasteiger charge is -2.35. The monoisotopic (exact) mass is 1990 g/mol. The van der Waals surface area contributed by atoms with E-state index in [2.05, 4.69) is 208 Å². The number of aryl methyl sites for hydroxylation is 9. The summed E-state index contributed by atoms with van der Waals surface area (Å²) in [4.78, 5) is 66.2. The van der Waals surface area contributed by atoms with Gasteiger partial charge in [0.1, 0.15) is 34.3 Å². The average Bonchev–Trinajstić information content (AvgIpc) is 1.47. The molecule has 770 valence electrons. The molecule has 2 unspecified atom stereocenters. The number of nitrogens with zero attached hydrogens (tertiary/aromatic N) is 2. The highest BCUT2D eigenvalue weighted by atomic mass is 35.5. The molecule has 0 amide bonds.